The minimum atomic E-state index is -0.200. The SMILES string of the molecule is Cl.Oc1ccc2c(c1O)CC(c1ccccc1)OC2CNCc1ccccc1. The molecule has 0 saturated carbocycles. The highest BCUT2D eigenvalue weighted by Crippen LogP contribution is 2.43. The number of phenolic OH excluding ortho intramolecular Hbond substituents is 2. The lowest BCUT2D eigenvalue weighted by Gasteiger charge is -2.33. The van der Waals surface area contributed by atoms with Gasteiger partial charge in [-0.05, 0) is 22.8 Å². The average Bonchev–Trinajstić information content (AvgIpc) is 2.72. The van der Waals surface area contributed by atoms with E-state index in [9.17, 15) is 10.2 Å². The van der Waals surface area contributed by atoms with Crippen molar-refractivity contribution in [2.45, 2.75) is 25.2 Å². The highest BCUT2D eigenvalue weighted by molar-refractivity contribution is 5.85. The Morgan fingerprint density at radius 3 is 2.29 bits per heavy atom. The molecule has 0 radical (unpaired) electrons. The first-order chi connectivity index (χ1) is 13.2. The smallest absolute Gasteiger partial charge is 0.161 e. The minimum absolute atomic E-state index is 0. The molecule has 1 aliphatic rings. The zero-order valence-corrected chi connectivity index (χ0v) is 16.2. The van der Waals surface area contributed by atoms with Gasteiger partial charge in [-0.25, -0.2) is 0 Å². The van der Waals surface area contributed by atoms with Crippen LogP contribution < -0.4 is 5.32 Å². The number of hydrogen-bond donors (Lipinski definition) is 3. The average molecular weight is 398 g/mol. The highest BCUT2D eigenvalue weighted by Gasteiger charge is 2.31. The van der Waals surface area contributed by atoms with Gasteiger partial charge in [-0.2, -0.15) is 0 Å². The van der Waals surface area contributed by atoms with Gasteiger partial charge < -0.3 is 20.3 Å². The van der Waals surface area contributed by atoms with E-state index in [1.54, 1.807) is 0 Å². The van der Waals surface area contributed by atoms with Crippen LogP contribution in [0.2, 0.25) is 0 Å². The molecule has 0 saturated heterocycles. The molecule has 4 rings (SSSR count). The predicted molar refractivity (Wildman–Crippen MR) is 112 cm³/mol. The van der Waals surface area contributed by atoms with Crippen molar-refractivity contribution in [2.24, 2.45) is 0 Å². The van der Waals surface area contributed by atoms with E-state index in [0.717, 1.165) is 23.2 Å². The summed E-state index contributed by atoms with van der Waals surface area (Å²) in [7, 11) is 0. The largest absolute Gasteiger partial charge is 0.504 e. The molecule has 0 aliphatic carbocycles. The van der Waals surface area contributed by atoms with Gasteiger partial charge in [0.25, 0.3) is 0 Å². The second-order valence-electron chi connectivity index (χ2n) is 6.85. The summed E-state index contributed by atoms with van der Waals surface area (Å²) in [5.41, 5.74) is 3.97. The molecule has 0 spiro atoms. The zero-order valence-electron chi connectivity index (χ0n) is 15.4. The van der Waals surface area contributed by atoms with Gasteiger partial charge in [-0.3, -0.25) is 0 Å². The van der Waals surface area contributed by atoms with E-state index in [2.05, 4.69) is 17.4 Å². The van der Waals surface area contributed by atoms with E-state index >= 15 is 0 Å². The molecule has 2 atom stereocenters. The molecular weight excluding hydrogens is 374 g/mol. The van der Waals surface area contributed by atoms with Gasteiger partial charge in [0, 0.05) is 25.1 Å². The lowest BCUT2D eigenvalue weighted by Crippen LogP contribution is -2.29. The molecule has 3 aromatic carbocycles. The molecule has 5 heteroatoms. The van der Waals surface area contributed by atoms with E-state index in [-0.39, 0.29) is 36.1 Å². The number of phenols is 2. The highest BCUT2D eigenvalue weighted by atomic mass is 35.5. The van der Waals surface area contributed by atoms with Crippen molar-refractivity contribution in [1.82, 2.24) is 5.32 Å². The molecule has 146 valence electrons. The fraction of sp³-hybridized carbons (Fsp3) is 0.217. The van der Waals surface area contributed by atoms with E-state index in [0.29, 0.717) is 13.0 Å². The summed E-state index contributed by atoms with van der Waals surface area (Å²) in [6.45, 7) is 1.37. The third-order valence-corrected chi connectivity index (χ3v) is 5.04. The van der Waals surface area contributed by atoms with Crippen molar-refractivity contribution in [3.8, 4) is 11.5 Å². The molecule has 3 N–H and O–H groups in total. The van der Waals surface area contributed by atoms with Crippen LogP contribution in [0.1, 0.15) is 34.5 Å². The third-order valence-electron chi connectivity index (χ3n) is 5.04. The topological polar surface area (TPSA) is 61.7 Å². The molecule has 0 amide bonds. The Bertz CT molecular complexity index is 902. The lowest BCUT2D eigenvalue weighted by atomic mass is 9.90. The maximum atomic E-state index is 10.4. The van der Waals surface area contributed by atoms with Crippen LogP contribution in [0.4, 0.5) is 0 Å². The van der Waals surface area contributed by atoms with Crippen LogP contribution in [0.15, 0.2) is 72.8 Å². The number of hydrogen-bond acceptors (Lipinski definition) is 4. The van der Waals surface area contributed by atoms with Crippen molar-refractivity contribution in [1.29, 1.82) is 0 Å². The monoisotopic (exact) mass is 397 g/mol. The van der Waals surface area contributed by atoms with Crippen molar-refractivity contribution < 1.29 is 14.9 Å². The summed E-state index contributed by atoms with van der Waals surface area (Å²) in [5, 5.41) is 23.8. The quantitative estimate of drug-likeness (QED) is 0.548. The first-order valence-electron chi connectivity index (χ1n) is 9.21. The van der Waals surface area contributed by atoms with Crippen LogP contribution in [0.25, 0.3) is 0 Å². The zero-order chi connectivity index (χ0) is 18.6. The second-order valence-corrected chi connectivity index (χ2v) is 6.85. The van der Waals surface area contributed by atoms with Gasteiger partial charge in [0.2, 0.25) is 0 Å². The first kappa shape index (κ1) is 20.2. The number of rotatable bonds is 5. The van der Waals surface area contributed by atoms with Crippen molar-refractivity contribution in [3.05, 3.63) is 95.1 Å². The fourth-order valence-corrected chi connectivity index (χ4v) is 3.63. The van der Waals surface area contributed by atoms with Crippen molar-refractivity contribution in [3.63, 3.8) is 0 Å². The standard InChI is InChI=1S/C23H23NO3.ClH/c25-20-12-11-18-19(23(20)26)13-21(17-9-5-2-6-10-17)27-22(18)15-24-14-16-7-3-1-4-8-16;/h1-12,21-22,24-26H,13-15H2;1H. The van der Waals surface area contributed by atoms with Gasteiger partial charge in [-0.15, -0.1) is 12.4 Å². The van der Waals surface area contributed by atoms with Crippen LogP contribution >= 0.6 is 12.4 Å². The molecule has 3 aromatic rings. The summed E-state index contributed by atoms with van der Waals surface area (Å²) in [5.74, 6) is -0.122. The molecule has 0 bridgehead atoms. The van der Waals surface area contributed by atoms with Crippen molar-refractivity contribution in [2.75, 3.05) is 6.54 Å². The molecule has 1 heterocycles. The molecule has 1 aliphatic heterocycles. The summed E-state index contributed by atoms with van der Waals surface area (Å²) in [6.07, 6.45) is 0.179. The Balaban J connectivity index is 0.00000225. The molecule has 28 heavy (non-hydrogen) atoms. The predicted octanol–water partition coefficient (Wildman–Crippen LogP) is 4.66. The maximum absolute atomic E-state index is 10.4. The number of benzene rings is 3. The Morgan fingerprint density at radius 2 is 1.57 bits per heavy atom. The first-order valence-corrected chi connectivity index (χ1v) is 9.21. The van der Waals surface area contributed by atoms with E-state index < -0.39 is 0 Å². The maximum Gasteiger partial charge on any atom is 0.161 e. The van der Waals surface area contributed by atoms with Gasteiger partial charge in [0.1, 0.15) is 0 Å². The molecule has 2 unspecified atom stereocenters. The van der Waals surface area contributed by atoms with Crippen LogP contribution in [0, 0.1) is 0 Å². The fourth-order valence-electron chi connectivity index (χ4n) is 3.63. The summed E-state index contributed by atoms with van der Waals surface area (Å²) in [4.78, 5) is 0. The van der Waals surface area contributed by atoms with Crippen LogP contribution in [-0.4, -0.2) is 16.8 Å². The normalized spacial score (nSPS) is 18.1. The van der Waals surface area contributed by atoms with Crippen LogP contribution in [0.5, 0.6) is 11.5 Å². The second kappa shape index (κ2) is 9.11. The van der Waals surface area contributed by atoms with Gasteiger partial charge >= 0.3 is 0 Å². The summed E-state index contributed by atoms with van der Waals surface area (Å²) in [6, 6.07) is 23.6. The Labute approximate surface area is 171 Å². The third kappa shape index (κ3) is 4.30. The van der Waals surface area contributed by atoms with Crippen LogP contribution in [0.3, 0.4) is 0 Å². The number of ether oxygens (including phenoxy) is 1. The lowest BCUT2D eigenvalue weighted by molar-refractivity contribution is -0.0273. The number of halogens is 1. The Kier molecular flexibility index (Phi) is 6.57. The molecule has 0 fully saturated rings. The molecular formula is C23H24ClNO3. The summed E-state index contributed by atoms with van der Waals surface area (Å²) < 4.78 is 6.38. The molecule has 0 aromatic heterocycles. The van der Waals surface area contributed by atoms with Crippen LogP contribution in [-0.2, 0) is 17.7 Å². The summed E-state index contributed by atoms with van der Waals surface area (Å²) >= 11 is 0. The number of fused-ring (bicyclic) bond motifs is 1. The molecule has 4 nitrogen and oxygen atoms in total. The van der Waals surface area contributed by atoms with E-state index in [4.69, 9.17) is 4.74 Å². The van der Waals surface area contributed by atoms with Crippen molar-refractivity contribution >= 4 is 12.4 Å². The minimum Gasteiger partial charge on any atom is -0.504 e. The Hall–Kier alpha value is -2.53. The van der Waals surface area contributed by atoms with Gasteiger partial charge in [0.05, 0.1) is 12.2 Å². The van der Waals surface area contributed by atoms with E-state index in [1.807, 2.05) is 54.6 Å². The Morgan fingerprint density at radius 1 is 0.893 bits per heavy atom. The van der Waals surface area contributed by atoms with Gasteiger partial charge in [-0.1, -0.05) is 66.7 Å². The van der Waals surface area contributed by atoms with Gasteiger partial charge in [0.15, 0.2) is 11.5 Å². The number of nitrogens with one attached hydrogen (secondary N) is 1. The van der Waals surface area contributed by atoms with E-state index in [1.165, 1.54) is 11.6 Å². The number of aromatic hydroxyl groups is 2.